The second-order valence-corrected chi connectivity index (χ2v) is 6.84. The molecule has 0 spiro atoms. The van der Waals surface area contributed by atoms with E-state index in [-0.39, 0.29) is 30.6 Å². The third kappa shape index (κ3) is 3.74. The summed E-state index contributed by atoms with van der Waals surface area (Å²) < 4.78 is 13.1. The molecule has 2 amide bonds. The van der Waals surface area contributed by atoms with Gasteiger partial charge in [0.15, 0.2) is 0 Å². The molecule has 0 saturated carbocycles. The van der Waals surface area contributed by atoms with Gasteiger partial charge in [0.05, 0.1) is 24.0 Å². The fourth-order valence-electron chi connectivity index (χ4n) is 3.46. The maximum absolute atomic E-state index is 13.1. The molecule has 0 aliphatic carbocycles. The predicted octanol–water partition coefficient (Wildman–Crippen LogP) is 2.21. The van der Waals surface area contributed by atoms with Gasteiger partial charge in [0.1, 0.15) is 5.82 Å². The number of rotatable bonds is 4. The van der Waals surface area contributed by atoms with Crippen LogP contribution in [0, 0.1) is 11.7 Å². The molecule has 1 aromatic carbocycles. The normalized spacial score (nSPS) is 19.6. The molecule has 0 bridgehead atoms. The zero-order valence-electron chi connectivity index (χ0n) is 14.8. The maximum atomic E-state index is 13.1. The molecule has 1 N–H and O–H groups in total. The first-order chi connectivity index (χ1) is 13.1. The molecule has 2 fully saturated rings. The Balaban J connectivity index is 1.38. The van der Waals surface area contributed by atoms with Gasteiger partial charge in [0, 0.05) is 31.7 Å². The van der Waals surface area contributed by atoms with Crippen LogP contribution >= 0.6 is 0 Å². The fourth-order valence-corrected chi connectivity index (χ4v) is 3.46. The van der Waals surface area contributed by atoms with Gasteiger partial charge in [0.25, 0.3) is 0 Å². The van der Waals surface area contributed by atoms with Crippen LogP contribution in [0.2, 0.25) is 0 Å². The summed E-state index contributed by atoms with van der Waals surface area (Å²) in [6, 6.07) is 5.68. The molecule has 2 aliphatic rings. The molecular weight excluding hydrogens is 349 g/mol. The lowest BCUT2D eigenvalue weighted by atomic mass is 10.1. The van der Waals surface area contributed by atoms with Crippen molar-refractivity contribution in [1.82, 2.24) is 9.97 Å². The van der Waals surface area contributed by atoms with E-state index in [1.54, 1.807) is 24.5 Å². The first kappa shape index (κ1) is 17.4. The first-order valence-corrected chi connectivity index (χ1v) is 9.04. The molecule has 140 valence electrons. The lowest BCUT2D eigenvalue weighted by molar-refractivity contribution is -0.122. The molecule has 1 aromatic heterocycles. The lowest BCUT2D eigenvalue weighted by Crippen LogP contribution is -2.28. The summed E-state index contributed by atoms with van der Waals surface area (Å²) >= 11 is 0. The highest BCUT2D eigenvalue weighted by molar-refractivity contribution is 6.03. The zero-order valence-corrected chi connectivity index (χ0v) is 14.8. The Morgan fingerprint density at radius 3 is 2.44 bits per heavy atom. The second-order valence-electron chi connectivity index (χ2n) is 6.84. The number of aromatic nitrogens is 2. The number of hydrogen-bond acceptors (Lipinski definition) is 5. The minimum atomic E-state index is -0.471. The van der Waals surface area contributed by atoms with Gasteiger partial charge in [-0.25, -0.2) is 14.4 Å². The molecular formula is C19H20FN5O2. The third-order valence-electron chi connectivity index (χ3n) is 4.93. The number of carbonyl (C=O) groups excluding carboxylic acids is 2. The molecule has 3 heterocycles. The average Bonchev–Trinajstić information content (AvgIpc) is 3.33. The average molecular weight is 369 g/mol. The monoisotopic (exact) mass is 369 g/mol. The number of nitrogens with one attached hydrogen (secondary N) is 1. The lowest BCUT2D eigenvalue weighted by Gasteiger charge is -2.17. The molecule has 1 atom stereocenters. The molecule has 0 radical (unpaired) electrons. The number of nitrogens with zero attached hydrogens (tertiary/aromatic N) is 4. The van der Waals surface area contributed by atoms with E-state index in [4.69, 9.17) is 0 Å². The largest absolute Gasteiger partial charge is 0.341 e. The molecule has 2 aliphatic heterocycles. The van der Waals surface area contributed by atoms with Gasteiger partial charge < -0.3 is 15.1 Å². The highest BCUT2D eigenvalue weighted by atomic mass is 19.1. The standard InChI is InChI=1S/C19H20FN5O2/c20-14-3-5-16(6-4-14)25-12-13(9-17(25)26)18(27)23-15-10-21-19(22-11-15)24-7-1-2-8-24/h3-6,10-11,13H,1-2,7-9,12H2,(H,23,27). The van der Waals surface area contributed by atoms with Crippen LogP contribution in [0.5, 0.6) is 0 Å². The van der Waals surface area contributed by atoms with Gasteiger partial charge in [-0.15, -0.1) is 0 Å². The summed E-state index contributed by atoms with van der Waals surface area (Å²) in [7, 11) is 0. The highest BCUT2D eigenvalue weighted by Crippen LogP contribution is 2.26. The van der Waals surface area contributed by atoms with Crippen molar-refractivity contribution in [1.29, 1.82) is 0 Å². The highest BCUT2D eigenvalue weighted by Gasteiger charge is 2.35. The van der Waals surface area contributed by atoms with Crippen LogP contribution in [-0.4, -0.2) is 41.4 Å². The van der Waals surface area contributed by atoms with E-state index >= 15 is 0 Å². The summed E-state index contributed by atoms with van der Waals surface area (Å²) in [6.45, 7) is 2.17. The number of anilines is 3. The van der Waals surface area contributed by atoms with E-state index in [0.717, 1.165) is 25.9 Å². The van der Waals surface area contributed by atoms with Crippen molar-refractivity contribution in [3.63, 3.8) is 0 Å². The van der Waals surface area contributed by atoms with E-state index in [2.05, 4.69) is 20.2 Å². The Kier molecular flexibility index (Phi) is 4.70. The number of amides is 2. The predicted molar refractivity (Wildman–Crippen MR) is 99.0 cm³/mol. The van der Waals surface area contributed by atoms with Gasteiger partial charge in [-0.3, -0.25) is 9.59 Å². The van der Waals surface area contributed by atoms with Crippen molar-refractivity contribution in [3.8, 4) is 0 Å². The van der Waals surface area contributed by atoms with Crippen molar-refractivity contribution < 1.29 is 14.0 Å². The van der Waals surface area contributed by atoms with Crippen LogP contribution in [0.3, 0.4) is 0 Å². The van der Waals surface area contributed by atoms with Crippen molar-refractivity contribution >= 4 is 29.1 Å². The molecule has 27 heavy (non-hydrogen) atoms. The van der Waals surface area contributed by atoms with Crippen molar-refractivity contribution in [2.24, 2.45) is 5.92 Å². The molecule has 2 aromatic rings. The summed E-state index contributed by atoms with van der Waals surface area (Å²) in [6.07, 6.45) is 5.58. The molecule has 2 saturated heterocycles. The summed E-state index contributed by atoms with van der Waals surface area (Å²) in [5.41, 5.74) is 1.10. The van der Waals surface area contributed by atoms with Gasteiger partial charge in [-0.05, 0) is 37.1 Å². The molecule has 4 rings (SSSR count). The first-order valence-electron chi connectivity index (χ1n) is 9.04. The Morgan fingerprint density at radius 1 is 1.11 bits per heavy atom. The second kappa shape index (κ2) is 7.30. The Morgan fingerprint density at radius 2 is 1.78 bits per heavy atom. The smallest absolute Gasteiger partial charge is 0.229 e. The van der Waals surface area contributed by atoms with Gasteiger partial charge >= 0.3 is 0 Å². The number of benzene rings is 1. The summed E-state index contributed by atoms with van der Waals surface area (Å²) in [5.74, 6) is -0.560. The molecule has 7 nitrogen and oxygen atoms in total. The van der Waals surface area contributed by atoms with Gasteiger partial charge in [0.2, 0.25) is 17.8 Å². The van der Waals surface area contributed by atoms with E-state index < -0.39 is 5.92 Å². The van der Waals surface area contributed by atoms with Crippen molar-refractivity contribution in [2.45, 2.75) is 19.3 Å². The fraction of sp³-hybridized carbons (Fsp3) is 0.368. The van der Waals surface area contributed by atoms with E-state index in [1.165, 1.54) is 17.0 Å². The minimum Gasteiger partial charge on any atom is -0.341 e. The summed E-state index contributed by atoms with van der Waals surface area (Å²) in [5, 5.41) is 2.78. The molecule has 8 heteroatoms. The SMILES string of the molecule is O=C(Nc1cnc(N2CCCC2)nc1)C1CC(=O)N(c2ccc(F)cc2)C1. The van der Waals surface area contributed by atoms with E-state index in [9.17, 15) is 14.0 Å². The Labute approximate surface area is 156 Å². The maximum Gasteiger partial charge on any atom is 0.229 e. The summed E-state index contributed by atoms with van der Waals surface area (Å²) in [4.78, 5) is 37.0. The minimum absolute atomic E-state index is 0.121. The molecule has 1 unspecified atom stereocenters. The van der Waals surface area contributed by atoms with Crippen LogP contribution in [-0.2, 0) is 9.59 Å². The van der Waals surface area contributed by atoms with Gasteiger partial charge in [-0.2, -0.15) is 0 Å². The van der Waals surface area contributed by atoms with Crippen molar-refractivity contribution in [3.05, 3.63) is 42.5 Å². The third-order valence-corrected chi connectivity index (χ3v) is 4.93. The number of halogens is 1. The Hall–Kier alpha value is -3.03. The van der Waals surface area contributed by atoms with Crippen LogP contribution < -0.4 is 15.1 Å². The van der Waals surface area contributed by atoms with Crippen LogP contribution in [0.4, 0.5) is 21.7 Å². The van der Waals surface area contributed by atoms with E-state index in [1.807, 2.05) is 0 Å². The topological polar surface area (TPSA) is 78.4 Å². The Bertz CT molecular complexity index is 834. The quantitative estimate of drug-likeness (QED) is 0.894. The van der Waals surface area contributed by atoms with E-state index in [0.29, 0.717) is 17.3 Å². The van der Waals surface area contributed by atoms with Crippen LogP contribution in [0.1, 0.15) is 19.3 Å². The number of hydrogen-bond donors (Lipinski definition) is 1. The van der Waals surface area contributed by atoms with Gasteiger partial charge in [-0.1, -0.05) is 0 Å². The van der Waals surface area contributed by atoms with Crippen LogP contribution in [0.15, 0.2) is 36.7 Å². The zero-order chi connectivity index (χ0) is 18.8. The number of carbonyl (C=O) groups is 2. The van der Waals surface area contributed by atoms with Crippen LogP contribution in [0.25, 0.3) is 0 Å². The van der Waals surface area contributed by atoms with Crippen molar-refractivity contribution in [2.75, 3.05) is 34.8 Å².